The Balaban J connectivity index is 2.89. The van der Waals surface area contributed by atoms with Gasteiger partial charge in [-0.1, -0.05) is 38.1 Å². The molecule has 0 aliphatic rings. The number of sulfone groups is 1. The van der Waals surface area contributed by atoms with E-state index in [1.54, 1.807) is 0 Å². The van der Waals surface area contributed by atoms with Crippen LogP contribution < -0.4 is 0 Å². The Hall–Kier alpha value is -1.16. The molecule has 0 aliphatic carbocycles. The van der Waals surface area contributed by atoms with E-state index in [1.165, 1.54) is 19.4 Å². The Labute approximate surface area is 116 Å². The first kappa shape index (κ1) is 15.9. The third-order valence-electron chi connectivity index (χ3n) is 3.61. The van der Waals surface area contributed by atoms with Crippen molar-refractivity contribution in [3.8, 4) is 0 Å². The van der Waals surface area contributed by atoms with E-state index in [4.69, 9.17) is 0 Å². The highest BCUT2D eigenvalue weighted by Gasteiger charge is 2.37. The van der Waals surface area contributed by atoms with Crippen molar-refractivity contribution in [1.82, 2.24) is 0 Å². The van der Waals surface area contributed by atoms with Gasteiger partial charge in [-0.25, -0.2) is 8.42 Å². The fourth-order valence-corrected chi connectivity index (χ4v) is 2.11. The van der Waals surface area contributed by atoms with E-state index >= 15 is 0 Å². The predicted octanol–water partition coefficient (Wildman–Crippen LogP) is 2.74. The highest BCUT2D eigenvalue weighted by molar-refractivity contribution is 7.92. The van der Waals surface area contributed by atoms with Gasteiger partial charge < -0.3 is 0 Å². The molecule has 1 aromatic carbocycles. The standard InChI is InChI=1S/C15H22O3S/c1-11(2)13-8-6-12(7-9-13)10-14(16)15(3,4)19(5,17)18/h6-9,11H,10H2,1-5H3. The summed E-state index contributed by atoms with van der Waals surface area (Å²) in [6, 6.07) is 7.76. The van der Waals surface area contributed by atoms with Crippen LogP contribution in [0.3, 0.4) is 0 Å². The summed E-state index contributed by atoms with van der Waals surface area (Å²) in [5.74, 6) is 0.171. The first-order valence-corrected chi connectivity index (χ1v) is 8.26. The van der Waals surface area contributed by atoms with Gasteiger partial charge in [-0.3, -0.25) is 4.79 Å². The van der Waals surface area contributed by atoms with Gasteiger partial charge in [-0.15, -0.1) is 0 Å². The van der Waals surface area contributed by atoms with Gasteiger partial charge in [0.15, 0.2) is 15.6 Å². The van der Waals surface area contributed by atoms with E-state index in [2.05, 4.69) is 13.8 Å². The largest absolute Gasteiger partial charge is 0.298 e. The van der Waals surface area contributed by atoms with Crippen LogP contribution in [0.25, 0.3) is 0 Å². The molecule has 1 aromatic rings. The summed E-state index contributed by atoms with van der Waals surface area (Å²) in [4.78, 5) is 12.1. The molecular formula is C15H22O3S. The fraction of sp³-hybridized carbons (Fsp3) is 0.533. The molecular weight excluding hydrogens is 260 g/mol. The molecule has 0 bridgehead atoms. The summed E-state index contributed by atoms with van der Waals surface area (Å²) in [5.41, 5.74) is 2.06. The molecule has 0 spiro atoms. The van der Waals surface area contributed by atoms with E-state index in [9.17, 15) is 13.2 Å². The second kappa shape index (κ2) is 5.45. The Kier molecular flexibility index (Phi) is 4.56. The molecule has 0 heterocycles. The molecule has 19 heavy (non-hydrogen) atoms. The maximum atomic E-state index is 12.1. The van der Waals surface area contributed by atoms with Crippen molar-refractivity contribution >= 4 is 15.6 Å². The lowest BCUT2D eigenvalue weighted by Gasteiger charge is -2.20. The molecule has 0 saturated carbocycles. The van der Waals surface area contributed by atoms with Gasteiger partial charge in [-0.2, -0.15) is 0 Å². The predicted molar refractivity (Wildman–Crippen MR) is 78.2 cm³/mol. The molecule has 0 radical (unpaired) electrons. The van der Waals surface area contributed by atoms with Crippen LogP contribution in [0.2, 0.25) is 0 Å². The molecule has 0 N–H and O–H groups in total. The maximum Gasteiger partial charge on any atom is 0.159 e. The number of carbonyl (C=O) groups excluding carboxylic acids is 1. The van der Waals surface area contributed by atoms with E-state index in [-0.39, 0.29) is 12.2 Å². The number of rotatable bonds is 5. The zero-order valence-electron chi connectivity index (χ0n) is 12.2. The summed E-state index contributed by atoms with van der Waals surface area (Å²) in [6.07, 6.45) is 1.26. The maximum absolute atomic E-state index is 12.1. The monoisotopic (exact) mass is 282 g/mol. The lowest BCUT2D eigenvalue weighted by atomic mass is 9.97. The summed E-state index contributed by atoms with van der Waals surface area (Å²) < 4.78 is 21.9. The number of Topliss-reactive ketones (excluding diaryl/α,β-unsaturated/α-hetero) is 1. The topological polar surface area (TPSA) is 51.2 Å². The number of ketones is 1. The van der Waals surface area contributed by atoms with Crippen LogP contribution >= 0.6 is 0 Å². The third-order valence-corrected chi connectivity index (χ3v) is 5.69. The number of hydrogen-bond donors (Lipinski definition) is 0. The Morgan fingerprint density at radius 1 is 1.16 bits per heavy atom. The summed E-state index contributed by atoms with van der Waals surface area (Å²) in [5, 5.41) is 0. The van der Waals surface area contributed by atoms with Crippen LogP contribution in [0, 0.1) is 0 Å². The van der Waals surface area contributed by atoms with Gasteiger partial charge in [0.2, 0.25) is 0 Å². The second-order valence-electron chi connectivity index (χ2n) is 5.78. The number of carbonyl (C=O) groups is 1. The highest BCUT2D eigenvalue weighted by atomic mass is 32.2. The lowest BCUT2D eigenvalue weighted by Crippen LogP contribution is -2.40. The first-order valence-electron chi connectivity index (χ1n) is 6.37. The summed E-state index contributed by atoms with van der Waals surface area (Å²) >= 11 is 0. The summed E-state index contributed by atoms with van der Waals surface area (Å²) in [7, 11) is -3.39. The van der Waals surface area contributed by atoms with Crippen LogP contribution in [-0.2, 0) is 21.1 Å². The van der Waals surface area contributed by atoms with Crippen LogP contribution in [0.15, 0.2) is 24.3 Å². The molecule has 0 amide bonds. The molecule has 0 unspecified atom stereocenters. The van der Waals surface area contributed by atoms with Crippen molar-refractivity contribution in [2.45, 2.75) is 44.8 Å². The van der Waals surface area contributed by atoms with Crippen molar-refractivity contribution in [3.05, 3.63) is 35.4 Å². The van der Waals surface area contributed by atoms with Crippen molar-refractivity contribution < 1.29 is 13.2 Å². The molecule has 106 valence electrons. The third kappa shape index (κ3) is 3.66. The quantitative estimate of drug-likeness (QED) is 0.834. The smallest absolute Gasteiger partial charge is 0.159 e. The Morgan fingerprint density at radius 2 is 1.63 bits per heavy atom. The minimum absolute atomic E-state index is 0.151. The van der Waals surface area contributed by atoms with Crippen molar-refractivity contribution in [3.63, 3.8) is 0 Å². The molecule has 3 nitrogen and oxygen atoms in total. The molecule has 0 fully saturated rings. The first-order chi connectivity index (χ1) is 8.55. The van der Waals surface area contributed by atoms with Crippen molar-refractivity contribution in [2.75, 3.05) is 6.26 Å². The van der Waals surface area contributed by atoms with Crippen molar-refractivity contribution in [2.24, 2.45) is 0 Å². The van der Waals surface area contributed by atoms with Crippen LogP contribution in [0.4, 0.5) is 0 Å². The van der Waals surface area contributed by atoms with Gasteiger partial charge in [0.05, 0.1) is 0 Å². The van der Waals surface area contributed by atoms with Crippen LogP contribution in [0.1, 0.15) is 44.7 Å². The zero-order valence-corrected chi connectivity index (χ0v) is 13.0. The minimum Gasteiger partial charge on any atom is -0.298 e. The minimum atomic E-state index is -3.39. The van der Waals surface area contributed by atoms with Crippen LogP contribution in [0.5, 0.6) is 0 Å². The van der Waals surface area contributed by atoms with Crippen LogP contribution in [-0.4, -0.2) is 25.2 Å². The Morgan fingerprint density at radius 3 is 2.00 bits per heavy atom. The van der Waals surface area contributed by atoms with Gasteiger partial charge in [0.25, 0.3) is 0 Å². The molecule has 4 heteroatoms. The van der Waals surface area contributed by atoms with Gasteiger partial charge in [0.1, 0.15) is 4.75 Å². The van der Waals surface area contributed by atoms with Gasteiger partial charge in [-0.05, 0) is 30.9 Å². The van der Waals surface area contributed by atoms with Gasteiger partial charge in [0, 0.05) is 12.7 Å². The second-order valence-corrected chi connectivity index (χ2v) is 8.34. The van der Waals surface area contributed by atoms with E-state index in [1.807, 2.05) is 24.3 Å². The SMILES string of the molecule is CC(C)c1ccc(CC(=O)C(C)(C)S(C)(=O)=O)cc1. The van der Waals surface area contributed by atoms with E-state index < -0.39 is 14.6 Å². The lowest BCUT2D eigenvalue weighted by molar-refractivity contribution is -0.120. The molecule has 0 saturated heterocycles. The summed E-state index contributed by atoms with van der Waals surface area (Å²) in [6.45, 7) is 7.14. The van der Waals surface area contributed by atoms with Gasteiger partial charge >= 0.3 is 0 Å². The number of benzene rings is 1. The van der Waals surface area contributed by atoms with Crippen molar-refractivity contribution in [1.29, 1.82) is 0 Å². The fourth-order valence-electron chi connectivity index (χ4n) is 1.63. The zero-order chi connectivity index (χ0) is 14.8. The van der Waals surface area contributed by atoms with E-state index in [0.717, 1.165) is 11.8 Å². The normalized spacial score (nSPS) is 12.7. The number of hydrogen-bond acceptors (Lipinski definition) is 3. The van der Waals surface area contributed by atoms with E-state index in [0.29, 0.717) is 5.92 Å². The molecule has 0 aliphatic heterocycles. The average molecular weight is 282 g/mol. The molecule has 0 aromatic heterocycles. The molecule has 1 rings (SSSR count). The molecule has 0 atom stereocenters. The Bertz CT molecular complexity index is 552. The highest BCUT2D eigenvalue weighted by Crippen LogP contribution is 2.20. The average Bonchev–Trinajstić information content (AvgIpc) is 2.28.